The van der Waals surface area contributed by atoms with Crippen molar-refractivity contribution >= 4 is 29.0 Å². The number of carbonyl (C=O) groups is 2. The van der Waals surface area contributed by atoms with Gasteiger partial charge in [-0.2, -0.15) is 0 Å². The first-order valence-corrected chi connectivity index (χ1v) is 12.4. The Hall–Kier alpha value is -4.31. The first-order chi connectivity index (χ1) is 17.9. The number of aromatic nitrogens is 4. The number of likely N-dealkylation sites (tertiary alicyclic amines) is 1. The van der Waals surface area contributed by atoms with Crippen LogP contribution in [0.25, 0.3) is 16.8 Å². The molecule has 1 aliphatic carbocycles. The van der Waals surface area contributed by atoms with Crippen LogP contribution in [0.3, 0.4) is 0 Å². The third kappa shape index (κ3) is 4.29. The van der Waals surface area contributed by atoms with Crippen LogP contribution in [-0.4, -0.2) is 59.9 Å². The maximum Gasteiger partial charge on any atom is 0.256 e. The maximum absolute atomic E-state index is 12.8. The van der Waals surface area contributed by atoms with Gasteiger partial charge in [-0.25, -0.2) is 15.0 Å². The minimum atomic E-state index is -1.18. The van der Waals surface area contributed by atoms with Crippen molar-refractivity contribution in [3.63, 3.8) is 0 Å². The molecule has 4 heterocycles. The van der Waals surface area contributed by atoms with Crippen LogP contribution in [0, 0.1) is 0 Å². The summed E-state index contributed by atoms with van der Waals surface area (Å²) in [6, 6.07) is 12.5. The van der Waals surface area contributed by atoms with Gasteiger partial charge in [-0.1, -0.05) is 18.2 Å². The quantitative estimate of drug-likeness (QED) is 0.385. The molecule has 10 heteroatoms. The summed E-state index contributed by atoms with van der Waals surface area (Å²) in [4.78, 5) is 40.6. The normalized spacial score (nSPS) is 18.5. The zero-order chi connectivity index (χ0) is 25.6. The van der Waals surface area contributed by atoms with Crippen molar-refractivity contribution in [2.24, 2.45) is 0 Å². The predicted molar refractivity (Wildman–Crippen MR) is 138 cm³/mol. The van der Waals surface area contributed by atoms with Crippen molar-refractivity contribution in [3.8, 4) is 11.3 Å². The smallest absolute Gasteiger partial charge is 0.256 e. The van der Waals surface area contributed by atoms with Gasteiger partial charge in [0.15, 0.2) is 0 Å². The lowest BCUT2D eigenvalue weighted by atomic mass is 9.96. The van der Waals surface area contributed by atoms with E-state index in [0.717, 1.165) is 24.2 Å². The zero-order valence-electron chi connectivity index (χ0n) is 20.2. The molecule has 6 rings (SSSR count). The number of piperidine rings is 1. The average molecular weight is 498 g/mol. The summed E-state index contributed by atoms with van der Waals surface area (Å²) in [5.74, 6) is 1.19. The highest BCUT2D eigenvalue weighted by Gasteiger charge is 2.50. The summed E-state index contributed by atoms with van der Waals surface area (Å²) < 4.78 is 1.95. The van der Waals surface area contributed by atoms with Gasteiger partial charge in [0.2, 0.25) is 0 Å². The van der Waals surface area contributed by atoms with E-state index in [0.29, 0.717) is 54.3 Å². The number of nitrogens with zero attached hydrogens (tertiary/aromatic N) is 5. The molecule has 0 radical (unpaired) electrons. The number of benzene rings is 1. The SMILES string of the molecule is Nc1nccn2c(C3CCCN(C(=O)C4(O)CC4)C3)nc(-c3ccc(C(=O)Nc4ccccn4)cc3)c12. The van der Waals surface area contributed by atoms with Gasteiger partial charge >= 0.3 is 0 Å². The zero-order valence-corrected chi connectivity index (χ0v) is 20.2. The Balaban J connectivity index is 1.30. The predicted octanol–water partition coefficient (Wildman–Crippen LogP) is 2.86. The molecule has 1 saturated heterocycles. The highest BCUT2D eigenvalue weighted by molar-refractivity contribution is 6.04. The number of nitrogen functional groups attached to an aromatic ring is 1. The molecule has 3 aromatic heterocycles. The summed E-state index contributed by atoms with van der Waals surface area (Å²) in [7, 11) is 0. The van der Waals surface area contributed by atoms with Crippen LogP contribution in [0.15, 0.2) is 61.1 Å². The average Bonchev–Trinajstić information content (AvgIpc) is 3.56. The van der Waals surface area contributed by atoms with Crippen molar-refractivity contribution in [2.45, 2.75) is 37.2 Å². The molecule has 1 aliphatic heterocycles. The molecular formula is C27H27N7O3. The molecule has 37 heavy (non-hydrogen) atoms. The number of imidazole rings is 1. The monoisotopic (exact) mass is 497 g/mol. The number of aliphatic hydroxyl groups is 1. The molecule has 2 fully saturated rings. The minimum absolute atomic E-state index is 0.00785. The minimum Gasteiger partial charge on any atom is -0.382 e. The second-order valence-corrected chi connectivity index (χ2v) is 9.72. The Morgan fingerprint density at radius 3 is 2.62 bits per heavy atom. The van der Waals surface area contributed by atoms with E-state index in [-0.39, 0.29) is 17.7 Å². The van der Waals surface area contributed by atoms with Crippen molar-refractivity contribution in [1.82, 2.24) is 24.3 Å². The van der Waals surface area contributed by atoms with Gasteiger partial charge in [0.05, 0.1) is 0 Å². The number of amides is 2. The number of rotatable bonds is 5. The van der Waals surface area contributed by atoms with E-state index in [1.165, 1.54) is 0 Å². The molecule has 4 N–H and O–H groups in total. The summed E-state index contributed by atoms with van der Waals surface area (Å²) in [6.45, 7) is 1.13. The summed E-state index contributed by atoms with van der Waals surface area (Å²) >= 11 is 0. The molecule has 188 valence electrons. The topological polar surface area (TPSA) is 139 Å². The van der Waals surface area contributed by atoms with E-state index in [2.05, 4.69) is 15.3 Å². The second-order valence-electron chi connectivity index (χ2n) is 9.72. The molecule has 2 aliphatic rings. The highest BCUT2D eigenvalue weighted by Crippen LogP contribution is 2.39. The molecule has 1 aromatic carbocycles. The molecule has 10 nitrogen and oxygen atoms in total. The number of hydrogen-bond acceptors (Lipinski definition) is 7. The van der Waals surface area contributed by atoms with E-state index in [1.54, 1.807) is 47.6 Å². The standard InChI is InChI=1S/C27H27N7O3/c28-23-22-21(17-6-8-18(9-7-17)25(35)31-20-5-1-2-12-29-20)32-24(34(22)15-13-30-23)19-4-3-14-33(16-19)26(36)27(37)10-11-27/h1-2,5-9,12-13,15,19,37H,3-4,10-11,14,16H2,(H2,28,30)(H,29,31,35). The fourth-order valence-corrected chi connectivity index (χ4v) is 4.98. The molecule has 2 amide bonds. The molecule has 1 atom stereocenters. The number of nitrogens with two attached hydrogens (primary N) is 1. The highest BCUT2D eigenvalue weighted by atomic mass is 16.3. The number of anilines is 2. The van der Waals surface area contributed by atoms with Crippen LogP contribution in [0.5, 0.6) is 0 Å². The maximum atomic E-state index is 12.8. The van der Waals surface area contributed by atoms with Gasteiger partial charge in [-0.05, 0) is 49.9 Å². The number of hydrogen-bond donors (Lipinski definition) is 3. The van der Waals surface area contributed by atoms with E-state index in [4.69, 9.17) is 10.7 Å². The van der Waals surface area contributed by atoms with Crippen LogP contribution in [-0.2, 0) is 4.79 Å². The summed E-state index contributed by atoms with van der Waals surface area (Å²) in [5.41, 5.74) is 7.77. The van der Waals surface area contributed by atoms with Gasteiger partial charge in [0, 0.05) is 48.7 Å². The molecule has 1 unspecified atom stereocenters. The molecule has 0 spiro atoms. The molecule has 1 saturated carbocycles. The van der Waals surface area contributed by atoms with E-state index < -0.39 is 5.60 Å². The summed E-state index contributed by atoms with van der Waals surface area (Å²) in [5, 5.41) is 13.1. The lowest BCUT2D eigenvalue weighted by molar-refractivity contribution is -0.143. The number of nitrogens with one attached hydrogen (secondary N) is 1. The van der Waals surface area contributed by atoms with E-state index >= 15 is 0 Å². The van der Waals surface area contributed by atoms with Crippen LogP contribution in [0.2, 0.25) is 0 Å². The lowest BCUT2D eigenvalue weighted by Crippen LogP contribution is -2.45. The fraction of sp³-hybridized carbons (Fsp3) is 0.296. The van der Waals surface area contributed by atoms with Gasteiger partial charge < -0.3 is 21.1 Å². The van der Waals surface area contributed by atoms with Crippen molar-refractivity contribution in [3.05, 3.63) is 72.4 Å². The van der Waals surface area contributed by atoms with Gasteiger partial charge in [0.25, 0.3) is 11.8 Å². The second kappa shape index (κ2) is 8.97. The Labute approximate surface area is 213 Å². The lowest BCUT2D eigenvalue weighted by Gasteiger charge is -2.33. The summed E-state index contributed by atoms with van der Waals surface area (Å²) in [6.07, 6.45) is 7.85. The van der Waals surface area contributed by atoms with Crippen molar-refractivity contribution in [2.75, 3.05) is 24.1 Å². The Kier molecular flexibility index (Phi) is 5.60. The van der Waals surface area contributed by atoms with Crippen LogP contribution in [0.4, 0.5) is 11.6 Å². The number of carbonyl (C=O) groups excluding carboxylic acids is 2. The van der Waals surface area contributed by atoms with Gasteiger partial charge in [-0.15, -0.1) is 0 Å². The number of fused-ring (bicyclic) bond motifs is 1. The van der Waals surface area contributed by atoms with E-state index in [9.17, 15) is 14.7 Å². The Morgan fingerprint density at radius 1 is 1.08 bits per heavy atom. The largest absolute Gasteiger partial charge is 0.382 e. The third-order valence-electron chi connectivity index (χ3n) is 7.13. The Morgan fingerprint density at radius 2 is 1.89 bits per heavy atom. The van der Waals surface area contributed by atoms with Crippen LogP contribution < -0.4 is 11.1 Å². The fourth-order valence-electron chi connectivity index (χ4n) is 4.98. The first-order valence-electron chi connectivity index (χ1n) is 12.4. The van der Waals surface area contributed by atoms with Crippen LogP contribution in [0.1, 0.15) is 47.8 Å². The van der Waals surface area contributed by atoms with E-state index in [1.807, 2.05) is 22.7 Å². The number of pyridine rings is 1. The molecular weight excluding hydrogens is 470 g/mol. The van der Waals surface area contributed by atoms with Crippen molar-refractivity contribution in [1.29, 1.82) is 0 Å². The van der Waals surface area contributed by atoms with Gasteiger partial charge in [-0.3, -0.25) is 14.0 Å². The Bertz CT molecular complexity index is 1480. The van der Waals surface area contributed by atoms with Crippen molar-refractivity contribution < 1.29 is 14.7 Å². The third-order valence-corrected chi connectivity index (χ3v) is 7.13. The molecule has 4 aromatic rings. The molecule has 0 bridgehead atoms. The van der Waals surface area contributed by atoms with Gasteiger partial charge in [0.1, 0.15) is 34.3 Å². The van der Waals surface area contributed by atoms with Crippen LogP contribution >= 0.6 is 0 Å². The first kappa shape index (κ1) is 23.1.